The van der Waals surface area contributed by atoms with E-state index >= 15 is 0 Å². The zero-order valence-corrected chi connectivity index (χ0v) is 15.1. The molecule has 0 saturated heterocycles. The van der Waals surface area contributed by atoms with Crippen molar-refractivity contribution in [2.24, 2.45) is 0 Å². The molecule has 0 aromatic heterocycles. The fourth-order valence-electron chi connectivity index (χ4n) is 3.06. The van der Waals surface area contributed by atoms with Gasteiger partial charge in [0.25, 0.3) is 0 Å². The number of hydrogen-bond donors (Lipinski definition) is 3. The highest BCUT2D eigenvalue weighted by Crippen LogP contribution is 2.51. The van der Waals surface area contributed by atoms with Crippen LogP contribution in [-0.2, 0) is 19.1 Å². The molecule has 8 heteroatoms. The Labute approximate surface area is 160 Å². The van der Waals surface area contributed by atoms with Crippen LogP contribution < -0.4 is 4.74 Å². The van der Waals surface area contributed by atoms with Gasteiger partial charge in [0.1, 0.15) is 12.0 Å². The van der Waals surface area contributed by atoms with Gasteiger partial charge in [0.2, 0.25) is 0 Å². The van der Waals surface area contributed by atoms with Gasteiger partial charge in [-0.1, -0.05) is 6.07 Å². The molecule has 146 valence electrons. The molecule has 0 unspecified atom stereocenters. The molecular weight excluding hydrogens is 368 g/mol. The highest BCUT2D eigenvalue weighted by atomic mass is 16.5. The molecule has 1 aliphatic heterocycles. The highest BCUT2D eigenvalue weighted by Gasteiger charge is 2.43. The first kappa shape index (κ1) is 19.1. The number of carbonyl (C=O) groups excluding carboxylic acids is 2. The summed E-state index contributed by atoms with van der Waals surface area (Å²) >= 11 is 0. The average Bonchev–Trinajstić information content (AvgIpc) is 3.07. The van der Waals surface area contributed by atoms with Crippen LogP contribution in [0.4, 0.5) is 0 Å². The zero-order valence-electron chi connectivity index (χ0n) is 15.1. The maximum Gasteiger partial charge on any atom is 0.330 e. The van der Waals surface area contributed by atoms with E-state index in [1.807, 2.05) is 0 Å². The van der Waals surface area contributed by atoms with Crippen LogP contribution >= 0.6 is 0 Å². The van der Waals surface area contributed by atoms with Crippen molar-refractivity contribution in [1.29, 1.82) is 0 Å². The fourth-order valence-corrected chi connectivity index (χ4v) is 3.06. The molecule has 0 fully saturated rings. The van der Waals surface area contributed by atoms with Gasteiger partial charge in [-0.3, -0.25) is 4.79 Å². The van der Waals surface area contributed by atoms with Gasteiger partial charge in [0.15, 0.2) is 23.0 Å². The highest BCUT2D eigenvalue weighted by molar-refractivity contribution is 5.88. The van der Waals surface area contributed by atoms with Crippen molar-refractivity contribution in [3.63, 3.8) is 0 Å². The fraction of sp³-hybridized carbons (Fsp3) is 0.200. The molecule has 3 rings (SSSR count). The number of benzene rings is 2. The predicted molar refractivity (Wildman–Crippen MR) is 97.1 cm³/mol. The van der Waals surface area contributed by atoms with Gasteiger partial charge >= 0.3 is 11.9 Å². The Morgan fingerprint density at radius 2 is 1.75 bits per heavy atom. The lowest BCUT2D eigenvalue weighted by atomic mass is 9.90. The summed E-state index contributed by atoms with van der Waals surface area (Å²) in [5.74, 6) is -2.91. The number of esters is 2. The van der Waals surface area contributed by atoms with Crippen LogP contribution in [0.25, 0.3) is 6.08 Å². The summed E-state index contributed by atoms with van der Waals surface area (Å²) in [6.07, 6.45) is 1.72. The number of phenolic OH excluding ortho intramolecular Hbond substituents is 3. The molecule has 0 amide bonds. The van der Waals surface area contributed by atoms with E-state index in [2.05, 4.69) is 4.74 Å². The Hall–Kier alpha value is -3.68. The summed E-state index contributed by atoms with van der Waals surface area (Å²) in [5.41, 5.74) is 1.23. The normalized spacial score (nSPS) is 17.8. The second-order valence-electron chi connectivity index (χ2n) is 6.10. The smallest absolute Gasteiger partial charge is 0.330 e. The lowest BCUT2D eigenvalue weighted by molar-refractivity contribution is -0.144. The van der Waals surface area contributed by atoms with Gasteiger partial charge in [0.05, 0.1) is 14.2 Å². The minimum Gasteiger partial charge on any atom is -0.504 e. The first-order valence-electron chi connectivity index (χ1n) is 8.25. The lowest BCUT2D eigenvalue weighted by Crippen LogP contribution is -2.20. The van der Waals surface area contributed by atoms with E-state index in [-0.39, 0.29) is 23.0 Å². The number of aromatic hydroxyl groups is 3. The molecule has 0 bridgehead atoms. The van der Waals surface area contributed by atoms with E-state index in [1.165, 1.54) is 50.6 Å². The van der Waals surface area contributed by atoms with E-state index in [9.17, 15) is 24.9 Å². The van der Waals surface area contributed by atoms with Crippen LogP contribution in [0.3, 0.4) is 0 Å². The standard InChI is InChI=1S/C20H18O8/c1-26-16(24)6-3-10-7-12-17(20(25)27-2)18(28-19(12)15(23)8-10)11-4-5-13(21)14(22)9-11/h3-9,17-18,21-23H,1-2H3/b6-3+/t17-,18-/m0/s1. The summed E-state index contributed by atoms with van der Waals surface area (Å²) in [4.78, 5) is 23.8. The Kier molecular flexibility index (Phi) is 5.12. The molecule has 1 heterocycles. The third-order valence-electron chi connectivity index (χ3n) is 4.40. The molecule has 0 spiro atoms. The summed E-state index contributed by atoms with van der Waals surface area (Å²) in [6.45, 7) is 0. The monoisotopic (exact) mass is 386 g/mol. The lowest BCUT2D eigenvalue weighted by Gasteiger charge is -2.18. The number of hydrogen-bond acceptors (Lipinski definition) is 8. The molecule has 2 aromatic rings. The number of carbonyl (C=O) groups is 2. The Balaban J connectivity index is 2.07. The van der Waals surface area contributed by atoms with Crippen LogP contribution in [0.5, 0.6) is 23.0 Å². The van der Waals surface area contributed by atoms with E-state index in [1.54, 1.807) is 6.07 Å². The molecule has 2 atom stereocenters. The van der Waals surface area contributed by atoms with Gasteiger partial charge < -0.3 is 29.5 Å². The molecule has 0 aliphatic carbocycles. The molecule has 0 saturated carbocycles. The second kappa shape index (κ2) is 7.51. The quantitative estimate of drug-likeness (QED) is 0.416. The summed E-state index contributed by atoms with van der Waals surface area (Å²) in [5, 5.41) is 29.7. The molecule has 3 N–H and O–H groups in total. The third kappa shape index (κ3) is 3.44. The van der Waals surface area contributed by atoms with Crippen LogP contribution in [0.1, 0.15) is 28.7 Å². The number of rotatable bonds is 4. The van der Waals surface area contributed by atoms with Gasteiger partial charge in [-0.05, 0) is 41.5 Å². The van der Waals surface area contributed by atoms with Crippen LogP contribution in [0.2, 0.25) is 0 Å². The molecule has 1 aliphatic rings. The van der Waals surface area contributed by atoms with Crippen molar-refractivity contribution in [2.45, 2.75) is 12.0 Å². The molecule has 8 nitrogen and oxygen atoms in total. The predicted octanol–water partition coefficient (Wildman–Crippen LogP) is 2.38. The Morgan fingerprint density at radius 1 is 1.00 bits per heavy atom. The van der Waals surface area contributed by atoms with Gasteiger partial charge in [-0.15, -0.1) is 0 Å². The van der Waals surface area contributed by atoms with Crippen molar-refractivity contribution in [1.82, 2.24) is 0 Å². The van der Waals surface area contributed by atoms with Crippen LogP contribution in [0.15, 0.2) is 36.4 Å². The van der Waals surface area contributed by atoms with E-state index in [0.717, 1.165) is 0 Å². The Morgan fingerprint density at radius 3 is 2.39 bits per heavy atom. The third-order valence-corrected chi connectivity index (χ3v) is 4.40. The van der Waals surface area contributed by atoms with Crippen LogP contribution in [-0.4, -0.2) is 41.5 Å². The average molecular weight is 386 g/mol. The first-order valence-corrected chi connectivity index (χ1v) is 8.25. The number of ether oxygens (including phenoxy) is 3. The van der Waals surface area contributed by atoms with Gasteiger partial charge in [-0.25, -0.2) is 4.79 Å². The van der Waals surface area contributed by atoms with E-state index in [4.69, 9.17) is 9.47 Å². The van der Waals surface area contributed by atoms with Crippen molar-refractivity contribution in [2.75, 3.05) is 14.2 Å². The largest absolute Gasteiger partial charge is 0.504 e. The Bertz CT molecular complexity index is 963. The van der Waals surface area contributed by atoms with Crippen molar-refractivity contribution >= 4 is 18.0 Å². The minimum atomic E-state index is -0.929. The molecule has 28 heavy (non-hydrogen) atoms. The molecular formula is C20H18O8. The molecule has 2 aromatic carbocycles. The van der Waals surface area contributed by atoms with Crippen LogP contribution in [0, 0.1) is 0 Å². The zero-order chi connectivity index (χ0) is 20.4. The van der Waals surface area contributed by atoms with Crippen molar-refractivity contribution in [3.05, 3.63) is 53.1 Å². The minimum absolute atomic E-state index is 0.100. The maximum atomic E-state index is 12.5. The maximum absolute atomic E-state index is 12.5. The summed E-state index contributed by atoms with van der Waals surface area (Å²) in [6, 6.07) is 7.02. The topological polar surface area (TPSA) is 123 Å². The SMILES string of the molecule is COC(=O)/C=C/c1cc(O)c2c(c1)[C@H](C(=O)OC)[C@H](c1ccc(O)c(O)c1)O2. The summed E-state index contributed by atoms with van der Waals surface area (Å²) in [7, 11) is 2.47. The van der Waals surface area contributed by atoms with Crippen molar-refractivity contribution in [3.8, 4) is 23.0 Å². The molecule has 0 radical (unpaired) electrons. The van der Waals surface area contributed by atoms with E-state index in [0.29, 0.717) is 16.7 Å². The second-order valence-corrected chi connectivity index (χ2v) is 6.10. The van der Waals surface area contributed by atoms with Gasteiger partial charge in [-0.2, -0.15) is 0 Å². The van der Waals surface area contributed by atoms with Crippen molar-refractivity contribution < 1.29 is 39.1 Å². The number of fused-ring (bicyclic) bond motifs is 1. The van der Waals surface area contributed by atoms with E-state index < -0.39 is 24.0 Å². The summed E-state index contributed by atoms with van der Waals surface area (Å²) < 4.78 is 15.2. The first-order chi connectivity index (χ1) is 13.3. The number of methoxy groups -OCH3 is 2. The number of phenols is 3. The van der Waals surface area contributed by atoms with Gasteiger partial charge in [0, 0.05) is 11.6 Å².